The van der Waals surface area contributed by atoms with Crippen LogP contribution >= 0.6 is 0 Å². The van der Waals surface area contributed by atoms with E-state index in [2.05, 4.69) is 12.2 Å². The summed E-state index contributed by atoms with van der Waals surface area (Å²) in [7, 11) is 0. The number of hydrogen-bond acceptors (Lipinski definition) is 2. The molecule has 0 bridgehead atoms. The predicted octanol–water partition coefficient (Wildman–Crippen LogP) is 3.99. The lowest BCUT2D eigenvalue weighted by Gasteiger charge is -2.28. The average molecular weight is 279 g/mol. The second-order valence-electron chi connectivity index (χ2n) is 5.81. The summed E-state index contributed by atoms with van der Waals surface area (Å²) >= 11 is 0. The van der Waals surface area contributed by atoms with Gasteiger partial charge in [0.15, 0.2) is 0 Å². The summed E-state index contributed by atoms with van der Waals surface area (Å²) in [5, 5.41) is 3.62. The Bertz CT molecular complexity index is 415. The van der Waals surface area contributed by atoms with Crippen molar-refractivity contribution in [3.05, 3.63) is 35.1 Å². The van der Waals surface area contributed by atoms with Gasteiger partial charge in [0.05, 0.1) is 0 Å². The molecule has 1 aromatic carbocycles. The predicted molar refractivity (Wildman–Crippen MR) is 80.3 cm³/mol. The first-order valence-electron chi connectivity index (χ1n) is 7.78. The van der Waals surface area contributed by atoms with Crippen molar-refractivity contribution in [2.75, 3.05) is 19.8 Å². The molecule has 20 heavy (non-hydrogen) atoms. The van der Waals surface area contributed by atoms with Gasteiger partial charge in [0.2, 0.25) is 0 Å². The van der Waals surface area contributed by atoms with E-state index in [-0.39, 0.29) is 5.82 Å². The molecule has 1 fully saturated rings. The topological polar surface area (TPSA) is 21.3 Å². The van der Waals surface area contributed by atoms with Crippen LogP contribution in [0.2, 0.25) is 0 Å². The molecule has 0 radical (unpaired) electrons. The van der Waals surface area contributed by atoms with Gasteiger partial charge in [-0.05, 0) is 62.3 Å². The van der Waals surface area contributed by atoms with Gasteiger partial charge in [-0.2, -0.15) is 0 Å². The molecule has 1 aliphatic rings. The Labute approximate surface area is 121 Å². The largest absolute Gasteiger partial charge is 0.381 e. The van der Waals surface area contributed by atoms with Gasteiger partial charge in [-0.3, -0.25) is 0 Å². The Hall–Kier alpha value is -0.930. The highest BCUT2D eigenvalue weighted by molar-refractivity contribution is 5.26. The van der Waals surface area contributed by atoms with Crippen molar-refractivity contribution in [2.24, 2.45) is 5.92 Å². The molecule has 1 saturated heterocycles. The van der Waals surface area contributed by atoms with Crippen molar-refractivity contribution < 1.29 is 9.13 Å². The summed E-state index contributed by atoms with van der Waals surface area (Å²) in [6.07, 6.45) is 4.52. The highest BCUT2D eigenvalue weighted by Gasteiger charge is 2.20. The second-order valence-corrected chi connectivity index (χ2v) is 5.81. The molecule has 112 valence electrons. The van der Waals surface area contributed by atoms with Crippen LogP contribution in [0.3, 0.4) is 0 Å². The molecule has 0 aliphatic carbocycles. The zero-order chi connectivity index (χ0) is 14.4. The van der Waals surface area contributed by atoms with Gasteiger partial charge >= 0.3 is 0 Å². The van der Waals surface area contributed by atoms with Crippen LogP contribution in [0.5, 0.6) is 0 Å². The first-order valence-corrected chi connectivity index (χ1v) is 7.78. The van der Waals surface area contributed by atoms with E-state index in [1.165, 1.54) is 5.56 Å². The summed E-state index contributed by atoms with van der Waals surface area (Å²) in [6, 6.07) is 5.84. The molecular formula is C17H26FNO. The first-order chi connectivity index (χ1) is 9.70. The molecular weight excluding hydrogens is 253 g/mol. The molecule has 2 nitrogen and oxygen atoms in total. The summed E-state index contributed by atoms with van der Waals surface area (Å²) in [6.45, 7) is 6.78. The highest BCUT2D eigenvalue weighted by Crippen LogP contribution is 2.28. The summed E-state index contributed by atoms with van der Waals surface area (Å²) < 4.78 is 18.9. The standard InChI is InChI=1S/C17H26FNO/c1-3-8-19-17(12-14-6-9-20-10-7-14)15-4-5-16(18)13(2)11-15/h4-5,11,14,17,19H,3,6-10,12H2,1-2H3. The van der Waals surface area contributed by atoms with Crippen molar-refractivity contribution in [3.63, 3.8) is 0 Å². The van der Waals surface area contributed by atoms with E-state index in [4.69, 9.17) is 4.74 Å². The summed E-state index contributed by atoms with van der Waals surface area (Å²) in [5.41, 5.74) is 1.95. The van der Waals surface area contributed by atoms with Gasteiger partial charge in [-0.15, -0.1) is 0 Å². The maximum absolute atomic E-state index is 13.4. The Morgan fingerprint density at radius 3 is 2.75 bits per heavy atom. The van der Waals surface area contributed by atoms with Crippen molar-refractivity contribution >= 4 is 0 Å². The maximum atomic E-state index is 13.4. The number of benzene rings is 1. The summed E-state index contributed by atoms with van der Waals surface area (Å²) in [5.74, 6) is 0.595. The average Bonchev–Trinajstić information content (AvgIpc) is 2.47. The summed E-state index contributed by atoms with van der Waals surface area (Å²) in [4.78, 5) is 0. The van der Waals surface area contributed by atoms with Gasteiger partial charge in [-0.25, -0.2) is 4.39 Å². The third kappa shape index (κ3) is 4.29. The molecule has 1 atom stereocenters. The molecule has 3 heteroatoms. The lowest BCUT2D eigenvalue weighted by atomic mass is 9.89. The molecule has 2 rings (SSSR count). The Balaban J connectivity index is 2.06. The van der Waals surface area contributed by atoms with E-state index >= 15 is 0 Å². The molecule has 0 aromatic heterocycles. The third-order valence-corrected chi connectivity index (χ3v) is 4.14. The maximum Gasteiger partial charge on any atom is 0.126 e. The van der Waals surface area contributed by atoms with E-state index in [0.717, 1.165) is 51.0 Å². The SMILES string of the molecule is CCCNC(CC1CCOCC1)c1ccc(F)c(C)c1. The number of halogens is 1. The fourth-order valence-corrected chi connectivity index (χ4v) is 2.86. The highest BCUT2D eigenvalue weighted by atomic mass is 19.1. The normalized spacial score (nSPS) is 18.1. The zero-order valence-electron chi connectivity index (χ0n) is 12.6. The molecule has 1 heterocycles. The van der Waals surface area contributed by atoms with Gasteiger partial charge in [-0.1, -0.05) is 19.1 Å². The second kappa shape index (κ2) is 7.75. The fourth-order valence-electron chi connectivity index (χ4n) is 2.86. The van der Waals surface area contributed by atoms with Gasteiger partial charge in [0.1, 0.15) is 5.82 Å². The van der Waals surface area contributed by atoms with Crippen LogP contribution in [0.4, 0.5) is 4.39 Å². The van der Waals surface area contributed by atoms with Crippen LogP contribution in [0.25, 0.3) is 0 Å². The minimum Gasteiger partial charge on any atom is -0.381 e. The Morgan fingerprint density at radius 2 is 2.10 bits per heavy atom. The minimum atomic E-state index is -0.117. The van der Waals surface area contributed by atoms with Crippen molar-refractivity contribution in [2.45, 2.75) is 45.6 Å². The zero-order valence-corrected chi connectivity index (χ0v) is 12.6. The van der Waals surface area contributed by atoms with Crippen LogP contribution in [0.1, 0.15) is 49.8 Å². The van der Waals surface area contributed by atoms with Crippen LogP contribution in [0.15, 0.2) is 18.2 Å². The van der Waals surface area contributed by atoms with Crippen LogP contribution in [-0.2, 0) is 4.74 Å². The molecule has 1 aliphatic heterocycles. The Morgan fingerprint density at radius 1 is 1.35 bits per heavy atom. The lowest BCUT2D eigenvalue weighted by Crippen LogP contribution is -2.27. The van der Waals surface area contributed by atoms with Crippen molar-refractivity contribution in [1.82, 2.24) is 5.32 Å². The quantitative estimate of drug-likeness (QED) is 0.850. The molecule has 0 amide bonds. The first kappa shape index (κ1) is 15.5. The van der Waals surface area contributed by atoms with Gasteiger partial charge in [0, 0.05) is 19.3 Å². The van der Waals surface area contributed by atoms with Gasteiger partial charge < -0.3 is 10.1 Å². The number of aryl methyl sites for hydroxylation is 1. The molecule has 1 N–H and O–H groups in total. The van der Waals surface area contributed by atoms with Gasteiger partial charge in [0.25, 0.3) is 0 Å². The van der Waals surface area contributed by atoms with Crippen LogP contribution in [-0.4, -0.2) is 19.8 Å². The van der Waals surface area contributed by atoms with Crippen molar-refractivity contribution in [3.8, 4) is 0 Å². The molecule has 0 saturated carbocycles. The van der Waals surface area contributed by atoms with Crippen molar-refractivity contribution in [1.29, 1.82) is 0 Å². The number of hydrogen-bond donors (Lipinski definition) is 1. The van der Waals surface area contributed by atoms with Crippen LogP contribution < -0.4 is 5.32 Å². The van der Waals surface area contributed by atoms with E-state index < -0.39 is 0 Å². The monoisotopic (exact) mass is 279 g/mol. The minimum absolute atomic E-state index is 0.117. The van der Waals surface area contributed by atoms with E-state index in [1.54, 1.807) is 6.07 Å². The van der Waals surface area contributed by atoms with E-state index in [0.29, 0.717) is 12.0 Å². The van der Waals surface area contributed by atoms with E-state index in [9.17, 15) is 4.39 Å². The molecule has 0 spiro atoms. The Kier molecular flexibility index (Phi) is 5.99. The number of nitrogens with one attached hydrogen (secondary N) is 1. The third-order valence-electron chi connectivity index (χ3n) is 4.14. The fraction of sp³-hybridized carbons (Fsp3) is 0.647. The smallest absolute Gasteiger partial charge is 0.126 e. The number of ether oxygens (including phenoxy) is 1. The van der Waals surface area contributed by atoms with E-state index in [1.807, 2.05) is 19.1 Å². The lowest BCUT2D eigenvalue weighted by molar-refractivity contribution is 0.0605. The molecule has 1 unspecified atom stereocenters. The van der Waals surface area contributed by atoms with Crippen LogP contribution in [0, 0.1) is 18.7 Å². The number of rotatable bonds is 6. The molecule has 1 aromatic rings.